The number of fused-ring (bicyclic) bond motifs is 3. The average molecular weight is 950 g/mol. The zero-order chi connectivity index (χ0) is 44.5. The molecular weight excluding hydrogens is 905 g/mol. The summed E-state index contributed by atoms with van der Waals surface area (Å²) in [5.74, 6) is -0.815. The van der Waals surface area contributed by atoms with Gasteiger partial charge in [0.2, 0.25) is 0 Å². The molecule has 29 heteroatoms. The highest BCUT2D eigenvalue weighted by atomic mass is 32.5. The SMILES string of the molecule is CC[C@H]1O[C@@H](n2cnc3c(N)ncnc32)[C@@H](C)C1OP(O)(=S)OC[C@H]1O[C@@H](n2cnc3c(N)ncnc32)[C@@H](C)C1OP(O)(=S)OC[C@H]1O[C@@H](n2cnc3c(N)ncnc32)[C@@H](C)C1O. The van der Waals surface area contributed by atoms with E-state index in [0.29, 0.717) is 39.9 Å². The zero-order valence-corrected chi connectivity index (χ0v) is 37.4. The van der Waals surface area contributed by atoms with Gasteiger partial charge in [0.25, 0.3) is 0 Å². The molecule has 3 fully saturated rings. The standard InChI is InChI=1S/C34H45N15O10P2S2/c1-5-17-24(15(3)33(55-17)48-12-45-21-27(36)39-9-42-30(21)48)58-61(52,63)54-7-19-25(16(4)34(57-19)49-13-46-22-28(37)40-10-43-31(22)49)59-60(51,62)53-6-18-23(50)14(2)32(56-18)47-11-44-20-26(35)38-8-41-29(20)47/h8-19,23-25,32-34,50H,5-7H2,1-4H3,(H,51,62)(H,52,63)(H2,35,38,41)(H2,36,39,42)(H2,37,40,43)/t14-,15-,16-,17+,18+,19+,23?,24?,25?,32+,33+,34+,60?,61?/m0/s1. The second-order valence-electron chi connectivity index (χ2n) is 15.6. The molecule has 3 aliphatic rings. The quantitative estimate of drug-likeness (QED) is 0.0849. The van der Waals surface area contributed by atoms with Gasteiger partial charge in [0.05, 0.1) is 44.4 Å². The van der Waals surface area contributed by atoms with Crippen molar-refractivity contribution >= 4 is 88.0 Å². The Labute approximate surface area is 368 Å². The summed E-state index contributed by atoms with van der Waals surface area (Å²) in [6, 6.07) is 0. The maximum Gasteiger partial charge on any atom is 0.324 e. The Morgan fingerprint density at radius 3 is 1.38 bits per heavy atom. The van der Waals surface area contributed by atoms with Crippen molar-refractivity contribution in [2.24, 2.45) is 17.8 Å². The summed E-state index contributed by atoms with van der Waals surface area (Å²) < 4.78 is 48.4. The lowest BCUT2D eigenvalue weighted by molar-refractivity contribution is -0.0518. The van der Waals surface area contributed by atoms with E-state index in [-0.39, 0.29) is 36.6 Å². The van der Waals surface area contributed by atoms with Gasteiger partial charge < -0.3 is 64.4 Å². The highest BCUT2D eigenvalue weighted by molar-refractivity contribution is 8.07. The molecule has 0 aliphatic carbocycles. The van der Waals surface area contributed by atoms with E-state index in [1.165, 1.54) is 31.6 Å². The van der Waals surface area contributed by atoms with Crippen LogP contribution in [0.4, 0.5) is 17.5 Å². The van der Waals surface area contributed by atoms with E-state index in [1.54, 1.807) is 33.9 Å². The van der Waals surface area contributed by atoms with Crippen molar-refractivity contribution in [1.29, 1.82) is 0 Å². The highest BCUT2D eigenvalue weighted by Crippen LogP contribution is 2.54. The molecule has 14 atom stereocenters. The summed E-state index contributed by atoms with van der Waals surface area (Å²) in [7, 11) is 0. The monoisotopic (exact) mass is 949 g/mol. The van der Waals surface area contributed by atoms with Gasteiger partial charge in [-0.25, -0.2) is 44.9 Å². The Morgan fingerprint density at radius 1 is 0.587 bits per heavy atom. The Hall–Kier alpha value is -4.05. The first-order valence-corrected chi connectivity index (χ1v) is 25.0. The van der Waals surface area contributed by atoms with Crippen LogP contribution in [0.15, 0.2) is 38.0 Å². The van der Waals surface area contributed by atoms with Gasteiger partial charge in [-0.3, -0.25) is 13.7 Å². The van der Waals surface area contributed by atoms with Gasteiger partial charge in [-0.2, -0.15) is 0 Å². The van der Waals surface area contributed by atoms with Crippen molar-refractivity contribution in [1.82, 2.24) is 58.6 Å². The van der Waals surface area contributed by atoms with Gasteiger partial charge in [-0.05, 0) is 30.0 Å². The van der Waals surface area contributed by atoms with Gasteiger partial charge in [-0.1, -0.05) is 27.7 Å². The number of nitrogens with zero attached hydrogens (tertiary/aromatic N) is 12. The number of nitrogens with two attached hydrogens (primary N) is 3. The molecule has 9 N–H and O–H groups in total. The minimum Gasteiger partial charge on any atom is -0.390 e. The van der Waals surface area contributed by atoms with Crippen molar-refractivity contribution in [3.8, 4) is 0 Å². The Kier molecular flexibility index (Phi) is 12.0. The summed E-state index contributed by atoms with van der Waals surface area (Å²) in [5, 5.41) is 11.2. The number of ether oxygens (including phenoxy) is 3. The minimum atomic E-state index is -4.13. The molecule has 3 aliphatic heterocycles. The smallest absolute Gasteiger partial charge is 0.324 e. The van der Waals surface area contributed by atoms with Crippen LogP contribution in [-0.4, -0.2) is 123 Å². The molecule has 3 saturated heterocycles. The van der Waals surface area contributed by atoms with Gasteiger partial charge in [0.15, 0.2) is 34.4 Å². The molecular formula is C34H45N15O10P2S2. The predicted molar refractivity (Wildman–Crippen MR) is 229 cm³/mol. The number of rotatable bonds is 14. The van der Waals surface area contributed by atoms with Crippen LogP contribution in [0.25, 0.3) is 33.5 Å². The summed E-state index contributed by atoms with van der Waals surface area (Å²) in [6.45, 7) is -1.45. The average Bonchev–Trinajstić information content (AvgIpc) is 4.11. The van der Waals surface area contributed by atoms with Gasteiger partial charge >= 0.3 is 13.4 Å². The molecule has 0 spiro atoms. The molecule has 338 valence electrons. The largest absolute Gasteiger partial charge is 0.390 e. The molecule has 6 aromatic heterocycles. The fraction of sp³-hybridized carbons (Fsp3) is 0.559. The number of aliphatic hydroxyl groups excluding tert-OH is 1. The molecule has 9 heterocycles. The van der Waals surface area contributed by atoms with Crippen LogP contribution in [0, 0.1) is 17.8 Å². The van der Waals surface area contributed by atoms with Gasteiger partial charge in [0.1, 0.15) is 78.6 Å². The molecule has 0 saturated carbocycles. The number of aliphatic hydroxyl groups is 1. The van der Waals surface area contributed by atoms with Crippen molar-refractivity contribution in [2.45, 2.75) is 89.4 Å². The molecule has 0 aromatic carbocycles. The summed E-state index contributed by atoms with van der Waals surface area (Å²) in [4.78, 5) is 61.2. The lowest BCUT2D eigenvalue weighted by Crippen LogP contribution is -2.33. The molecule has 0 radical (unpaired) electrons. The lowest BCUT2D eigenvalue weighted by Gasteiger charge is -2.29. The molecule has 6 aromatic rings. The van der Waals surface area contributed by atoms with Crippen LogP contribution >= 0.6 is 13.4 Å². The Balaban J connectivity index is 0.910. The van der Waals surface area contributed by atoms with Crippen molar-refractivity contribution in [3.05, 3.63) is 38.0 Å². The number of imidazole rings is 3. The molecule has 5 unspecified atom stereocenters. The maximum absolute atomic E-state index is 11.6. The second-order valence-corrected chi connectivity index (χ2v) is 21.2. The fourth-order valence-electron chi connectivity index (χ4n) is 8.41. The third-order valence-electron chi connectivity index (χ3n) is 11.7. The first kappa shape index (κ1) is 44.2. The molecule has 0 bridgehead atoms. The number of hydrogen-bond donors (Lipinski definition) is 6. The molecule has 25 nitrogen and oxygen atoms in total. The van der Waals surface area contributed by atoms with E-state index in [4.69, 9.17) is 73.1 Å². The minimum absolute atomic E-state index is 0.164. The van der Waals surface area contributed by atoms with Crippen LogP contribution < -0.4 is 17.2 Å². The summed E-state index contributed by atoms with van der Waals surface area (Å²) >= 11 is 11.1. The maximum atomic E-state index is 11.6. The third kappa shape index (κ3) is 8.18. The van der Waals surface area contributed by atoms with Crippen LogP contribution in [0.2, 0.25) is 0 Å². The zero-order valence-electron chi connectivity index (χ0n) is 34.0. The normalized spacial score (nSPS) is 31.9. The van der Waals surface area contributed by atoms with E-state index in [2.05, 4.69) is 44.9 Å². The molecule has 63 heavy (non-hydrogen) atoms. The number of aromatic nitrogens is 12. The van der Waals surface area contributed by atoms with E-state index >= 15 is 0 Å². The first-order valence-electron chi connectivity index (χ1n) is 19.8. The summed E-state index contributed by atoms with van der Waals surface area (Å²) in [6.07, 6.45) is 1.71. The number of hydrogen-bond acceptors (Lipinski definition) is 22. The first-order chi connectivity index (χ1) is 30.1. The third-order valence-corrected chi connectivity index (χ3v) is 14.8. The van der Waals surface area contributed by atoms with E-state index in [0.717, 1.165) is 0 Å². The van der Waals surface area contributed by atoms with E-state index in [9.17, 15) is 14.9 Å². The van der Waals surface area contributed by atoms with Crippen LogP contribution in [-0.2, 0) is 55.9 Å². The highest BCUT2D eigenvalue weighted by Gasteiger charge is 2.50. The van der Waals surface area contributed by atoms with Crippen LogP contribution in [0.5, 0.6) is 0 Å². The van der Waals surface area contributed by atoms with E-state index < -0.39 is 80.6 Å². The van der Waals surface area contributed by atoms with Gasteiger partial charge in [0, 0.05) is 17.8 Å². The predicted octanol–water partition coefficient (Wildman–Crippen LogP) is 1.86. The van der Waals surface area contributed by atoms with Crippen molar-refractivity contribution < 1.29 is 47.2 Å². The number of anilines is 3. The van der Waals surface area contributed by atoms with Crippen molar-refractivity contribution in [2.75, 3.05) is 30.4 Å². The van der Waals surface area contributed by atoms with Crippen LogP contribution in [0.3, 0.4) is 0 Å². The molecule has 0 amide bonds. The van der Waals surface area contributed by atoms with Gasteiger partial charge in [-0.15, -0.1) is 0 Å². The Bertz CT molecular complexity index is 2750. The number of nitrogen functional groups attached to an aromatic ring is 3. The van der Waals surface area contributed by atoms with Crippen LogP contribution in [0.1, 0.15) is 52.8 Å². The van der Waals surface area contributed by atoms with E-state index in [1.807, 2.05) is 13.8 Å². The lowest BCUT2D eigenvalue weighted by atomic mass is 10.0. The fourth-order valence-corrected chi connectivity index (χ4v) is 11.4. The van der Waals surface area contributed by atoms with Crippen molar-refractivity contribution in [3.63, 3.8) is 0 Å². The summed E-state index contributed by atoms with van der Waals surface area (Å²) in [5.41, 5.74) is 20.5. The Morgan fingerprint density at radius 2 is 0.952 bits per heavy atom. The second kappa shape index (κ2) is 17.1. The topological polar surface area (TPSA) is 334 Å². The molecule has 9 rings (SSSR count).